The Kier molecular flexibility index (Phi) is 3.81. The topological polar surface area (TPSA) is 97.0 Å². The molecule has 0 bridgehead atoms. The average molecular weight is 362 g/mol. The fraction of sp³-hybridized carbons (Fsp3) is 0.0476. The second-order valence-corrected chi connectivity index (χ2v) is 6.04. The van der Waals surface area contributed by atoms with Crippen molar-refractivity contribution in [2.45, 2.75) is 0 Å². The lowest BCUT2D eigenvalue weighted by Crippen LogP contribution is -2.02. The number of carboxylic acid groups (broad SMARTS) is 1. The maximum atomic E-state index is 11.8. The third-order valence-electron chi connectivity index (χ3n) is 4.39. The first-order valence-corrected chi connectivity index (χ1v) is 8.09. The number of hydrogen-bond acceptors (Lipinski definition) is 5. The molecule has 0 amide bonds. The van der Waals surface area contributed by atoms with Gasteiger partial charge in [0.1, 0.15) is 22.8 Å². The van der Waals surface area contributed by atoms with Gasteiger partial charge in [0, 0.05) is 34.2 Å². The van der Waals surface area contributed by atoms with E-state index in [1.165, 1.54) is 43.5 Å². The lowest BCUT2D eigenvalue weighted by atomic mass is 9.92. The molecule has 1 aliphatic carbocycles. The highest BCUT2D eigenvalue weighted by molar-refractivity contribution is 6.04. The normalized spacial score (nSPS) is 11.0. The SMILES string of the molecule is COc1ccc(C(=O)O)cc1-c1c2ccc(=O)cc-2oc2cc(O)ccc12. The van der Waals surface area contributed by atoms with Gasteiger partial charge >= 0.3 is 5.97 Å². The van der Waals surface area contributed by atoms with Crippen LogP contribution in [0.3, 0.4) is 0 Å². The molecule has 27 heavy (non-hydrogen) atoms. The molecular formula is C21H14O6. The van der Waals surface area contributed by atoms with E-state index in [9.17, 15) is 19.8 Å². The zero-order valence-corrected chi connectivity index (χ0v) is 14.2. The lowest BCUT2D eigenvalue weighted by Gasteiger charge is -2.17. The Morgan fingerprint density at radius 3 is 2.56 bits per heavy atom. The Balaban J connectivity index is 2.19. The van der Waals surface area contributed by atoms with Crippen molar-refractivity contribution in [3.63, 3.8) is 0 Å². The molecule has 0 saturated heterocycles. The molecule has 2 aromatic rings. The van der Waals surface area contributed by atoms with Gasteiger partial charge < -0.3 is 19.4 Å². The molecule has 2 aromatic carbocycles. The van der Waals surface area contributed by atoms with Gasteiger partial charge in [0.15, 0.2) is 5.43 Å². The number of carbonyl (C=O) groups is 1. The largest absolute Gasteiger partial charge is 0.508 e. The molecule has 1 heterocycles. The van der Waals surface area contributed by atoms with E-state index in [4.69, 9.17) is 9.15 Å². The number of fused-ring (bicyclic) bond motifs is 2. The number of methoxy groups -OCH3 is 1. The third-order valence-corrected chi connectivity index (χ3v) is 4.39. The quantitative estimate of drug-likeness (QED) is 0.535. The van der Waals surface area contributed by atoms with Crippen LogP contribution in [0.25, 0.3) is 33.4 Å². The number of benzene rings is 3. The van der Waals surface area contributed by atoms with E-state index in [1.807, 2.05) is 0 Å². The van der Waals surface area contributed by atoms with E-state index in [1.54, 1.807) is 18.2 Å². The summed E-state index contributed by atoms with van der Waals surface area (Å²) in [5.41, 5.74) is 2.09. The monoisotopic (exact) mass is 362 g/mol. The van der Waals surface area contributed by atoms with Crippen molar-refractivity contribution in [1.29, 1.82) is 0 Å². The number of hydrogen-bond donors (Lipinski definition) is 2. The Bertz CT molecular complexity index is 1220. The summed E-state index contributed by atoms with van der Waals surface area (Å²) in [4.78, 5) is 23.3. The summed E-state index contributed by atoms with van der Waals surface area (Å²) in [6, 6.07) is 13.6. The lowest BCUT2D eigenvalue weighted by molar-refractivity contribution is 0.0697. The van der Waals surface area contributed by atoms with Crippen molar-refractivity contribution in [2.75, 3.05) is 7.11 Å². The Morgan fingerprint density at radius 2 is 1.81 bits per heavy atom. The van der Waals surface area contributed by atoms with Crippen LogP contribution in [0.15, 0.2) is 63.8 Å². The average Bonchev–Trinajstić information content (AvgIpc) is 2.65. The predicted molar refractivity (Wildman–Crippen MR) is 99.7 cm³/mol. The number of phenols is 1. The third kappa shape index (κ3) is 2.77. The fourth-order valence-electron chi connectivity index (χ4n) is 3.19. The van der Waals surface area contributed by atoms with E-state index in [2.05, 4.69) is 0 Å². The van der Waals surface area contributed by atoms with Gasteiger partial charge in [-0.25, -0.2) is 4.79 Å². The van der Waals surface area contributed by atoms with Gasteiger partial charge in [0.2, 0.25) is 0 Å². The maximum absolute atomic E-state index is 11.8. The van der Waals surface area contributed by atoms with E-state index in [0.717, 1.165) is 0 Å². The molecule has 0 saturated carbocycles. The molecule has 2 N–H and O–H groups in total. The molecule has 134 valence electrons. The van der Waals surface area contributed by atoms with Crippen LogP contribution in [0, 0.1) is 0 Å². The van der Waals surface area contributed by atoms with Crippen LogP contribution in [0.4, 0.5) is 0 Å². The molecule has 0 spiro atoms. The molecular weight excluding hydrogens is 348 g/mol. The first-order valence-electron chi connectivity index (χ1n) is 8.09. The maximum Gasteiger partial charge on any atom is 0.335 e. The van der Waals surface area contributed by atoms with Crippen molar-refractivity contribution in [3.05, 3.63) is 70.4 Å². The van der Waals surface area contributed by atoms with Crippen LogP contribution in [-0.2, 0) is 0 Å². The van der Waals surface area contributed by atoms with E-state index >= 15 is 0 Å². The summed E-state index contributed by atoms with van der Waals surface area (Å²) in [6.07, 6.45) is 0. The molecule has 4 rings (SSSR count). The van der Waals surface area contributed by atoms with Gasteiger partial charge in [0.25, 0.3) is 0 Å². The minimum Gasteiger partial charge on any atom is -0.508 e. The number of aromatic hydroxyl groups is 1. The Labute approximate surface area is 153 Å². The van der Waals surface area contributed by atoms with E-state index in [-0.39, 0.29) is 16.7 Å². The highest BCUT2D eigenvalue weighted by Crippen LogP contribution is 2.44. The van der Waals surface area contributed by atoms with E-state index in [0.29, 0.717) is 39.2 Å². The summed E-state index contributed by atoms with van der Waals surface area (Å²) in [5, 5.41) is 19.8. The molecule has 1 aliphatic heterocycles. The summed E-state index contributed by atoms with van der Waals surface area (Å²) < 4.78 is 11.2. The van der Waals surface area contributed by atoms with Gasteiger partial charge in [-0.15, -0.1) is 0 Å². The van der Waals surface area contributed by atoms with Gasteiger partial charge in [-0.2, -0.15) is 0 Å². The van der Waals surface area contributed by atoms with Crippen molar-refractivity contribution in [3.8, 4) is 33.9 Å². The summed E-state index contributed by atoms with van der Waals surface area (Å²) >= 11 is 0. The molecule has 6 heteroatoms. The predicted octanol–water partition coefficient (Wildman–Crippen LogP) is 3.98. The highest BCUT2D eigenvalue weighted by atomic mass is 16.5. The highest BCUT2D eigenvalue weighted by Gasteiger charge is 2.21. The first kappa shape index (κ1) is 16.7. The smallest absolute Gasteiger partial charge is 0.335 e. The summed E-state index contributed by atoms with van der Waals surface area (Å²) in [7, 11) is 1.50. The minimum absolute atomic E-state index is 0.0149. The molecule has 6 nitrogen and oxygen atoms in total. The van der Waals surface area contributed by atoms with Gasteiger partial charge in [0.05, 0.1) is 12.7 Å². The minimum atomic E-state index is -1.06. The van der Waals surface area contributed by atoms with Crippen molar-refractivity contribution >= 4 is 16.9 Å². The Morgan fingerprint density at radius 1 is 1.00 bits per heavy atom. The second-order valence-electron chi connectivity index (χ2n) is 6.04. The van der Waals surface area contributed by atoms with Crippen LogP contribution in [0.5, 0.6) is 11.5 Å². The number of aromatic carboxylic acids is 1. The molecule has 0 aromatic heterocycles. The zero-order valence-electron chi connectivity index (χ0n) is 14.2. The van der Waals surface area contributed by atoms with E-state index < -0.39 is 5.97 Å². The molecule has 0 atom stereocenters. The fourth-order valence-corrected chi connectivity index (χ4v) is 3.19. The van der Waals surface area contributed by atoms with Crippen LogP contribution in [0.1, 0.15) is 10.4 Å². The van der Waals surface area contributed by atoms with Gasteiger partial charge in [-0.3, -0.25) is 4.79 Å². The molecule has 0 unspecified atom stereocenters. The summed E-state index contributed by atoms with van der Waals surface area (Å²) in [6.45, 7) is 0. The van der Waals surface area contributed by atoms with Crippen molar-refractivity contribution in [2.24, 2.45) is 0 Å². The van der Waals surface area contributed by atoms with Crippen LogP contribution >= 0.6 is 0 Å². The Hall–Kier alpha value is -3.80. The number of rotatable bonds is 3. The van der Waals surface area contributed by atoms with Crippen molar-refractivity contribution in [1.82, 2.24) is 0 Å². The molecule has 0 radical (unpaired) electrons. The second kappa shape index (κ2) is 6.17. The summed E-state index contributed by atoms with van der Waals surface area (Å²) in [5.74, 6) is -0.236. The standard InChI is InChI=1S/C21H14O6/c1-26-17-7-2-11(21(24)25)8-16(17)20-14-5-3-12(22)9-18(14)27-19-10-13(23)4-6-15(19)20/h2-10,22H,1H3,(H,24,25). The zero-order chi connectivity index (χ0) is 19.1. The van der Waals surface area contributed by atoms with Crippen LogP contribution < -0.4 is 10.2 Å². The van der Waals surface area contributed by atoms with Gasteiger partial charge in [-0.05, 0) is 42.5 Å². The number of ether oxygens (including phenoxy) is 1. The van der Waals surface area contributed by atoms with Crippen molar-refractivity contribution < 1.29 is 24.2 Å². The molecule has 2 aliphatic rings. The van der Waals surface area contributed by atoms with Crippen LogP contribution in [0.2, 0.25) is 0 Å². The van der Waals surface area contributed by atoms with Gasteiger partial charge in [-0.1, -0.05) is 0 Å². The first-order chi connectivity index (χ1) is 13.0. The number of phenolic OH excluding ortho intramolecular Hbond substituents is 1. The number of carboxylic acids is 1. The molecule has 0 fully saturated rings. The van der Waals surface area contributed by atoms with Crippen LogP contribution in [-0.4, -0.2) is 23.3 Å².